The van der Waals surface area contributed by atoms with Crippen LogP contribution in [0.4, 0.5) is 5.69 Å². The number of carbonyl (C=O) groups excluding carboxylic acids is 2. The number of para-hydroxylation sites is 1. The first kappa shape index (κ1) is 22.0. The molecule has 0 aliphatic carbocycles. The maximum absolute atomic E-state index is 13.0. The molecule has 0 saturated carbocycles. The Labute approximate surface area is 192 Å². The van der Waals surface area contributed by atoms with Crippen LogP contribution in [-0.4, -0.2) is 22.9 Å². The number of anilines is 1. The van der Waals surface area contributed by atoms with Crippen molar-refractivity contribution < 1.29 is 14.3 Å². The molecule has 2 amide bonds. The van der Waals surface area contributed by atoms with Crippen LogP contribution < -0.4 is 15.4 Å². The molecule has 2 N–H and O–H groups in total. The molecule has 1 heterocycles. The summed E-state index contributed by atoms with van der Waals surface area (Å²) in [6, 6.07) is 24.4. The second-order valence-electron chi connectivity index (χ2n) is 7.60. The molecule has 0 unspecified atom stereocenters. The van der Waals surface area contributed by atoms with Crippen LogP contribution in [0.1, 0.15) is 29.3 Å². The first-order chi connectivity index (χ1) is 16.1. The highest BCUT2D eigenvalue weighted by molar-refractivity contribution is 6.04. The summed E-state index contributed by atoms with van der Waals surface area (Å²) in [5, 5.41) is 7.88. The van der Waals surface area contributed by atoms with Crippen LogP contribution in [0.25, 0.3) is 10.8 Å². The number of nitrogens with one attached hydrogen (secondary N) is 2. The first-order valence-electron chi connectivity index (χ1n) is 10.9. The third-order valence-corrected chi connectivity index (χ3v) is 5.27. The van der Waals surface area contributed by atoms with Gasteiger partial charge in [0, 0.05) is 18.9 Å². The van der Waals surface area contributed by atoms with E-state index in [0.29, 0.717) is 30.0 Å². The number of hydrogen-bond acceptors (Lipinski definition) is 4. The first-order valence-corrected chi connectivity index (χ1v) is 10.9. The van der Waals surface area contributed by atoms with E-state index >= 15 is 0 Å². The number of fused-ring (bicyclic) bond motifs is 1. The second kappa shape index (κ2) is 10.4. The van der Waals surface area contributed by atoms with Crippen LogP contribution in [0, 0.1) is 0 Å². The highest BCUT2D eigenvalue weighted by atomic mass is 16.5. The van der Waals surface area contributed by atoms with E-state index in [1.807, 2.05) is 61.5 Å². The zero-order chi connectivity index (χ0) is 23.0. The lowest BCUT2D eigenvalue weighted by Gasteiger charge is -2.19. The molecular formula is C27H25N3O3. The Morgan fingerprint density at radius 1 is 0.939 bits per heavy atom. The van der Waals surface area contributed by atoms with Gasteiger partial charge in [0.05, 0.1) is 11.3 Å². The Kier molecular flexibility index (Phi) is 6.95. The summed E-state index contributed by atoms with van der Waals surface area (Å²) >= 11 is 0. The third-order valence-electron chi connectivity index (χ3n) is 5.27. The fourth-order valence-corrected chi connectivity index (χ4v) is 3.51. The Balaban J connectivity index is 1.44. The van der Waals surface area contributed by atoms with Crippen LogP contribution in [0.2, 0.25) is 0 Å². The zero-order valence-electron chi connectivity index (χ0n) is 18.3. The van der Waals surface area contributed by atoms with Crippen molar-refractivity contribution in [2.24, 2.45) is 0 Å². The van der Waals surface area contributed by atoms with Crippen molar-refractivity contribution in [3.05, 3.63) is 102 Å². The molecule has 6 heteroatoms. The lowest BCUT2D eigenvalue weighted by molar-refractivity contribution is -0.122. The van der Waals surface area contributed by atoms with Gasteiger partial charge in [0.2, 0.25) is 0 Å². The summed E-state index contributed by atoms with van der Waals surface area (Å²) in [5.41, 5.74) is 1.71. The van der Waals surface area contributed by atoms with Gasteiger partial charge >= 0.3 is 0 Å². The fourth-order valence-electron chi connectivity index (χ4n) is 3.51. The molecule has 0 saturated heterocycles. The van der Waals surface area contributed by atoms with Gasteiger partial charge in [0.15, 0.2) is 6.10 Å². The van der Waals surface area contributed by atoms with Crippen molar-refractivity contribution in [1.29, 1.82) is 0 Å². The Morgan fingerprint density at radius 2 is 1.73 bits per heavy atom. The number of rotatable bonds is 8. The molecule has 4 aromatic rings. The number of amides is 2. The van der Waals surface area contributed by atoms with E-state index in [9.17, 15) is 9.59 Å². The van der Waals surface area contributed by atoms with Gasteiger partial charge in [-0.05, 0) is 53.1 Å². The van der Waals surface area contributed by atoms with Crippen molar-refractivity contribution in [3.8, 4) is 5.75 Å². The van der Waals surface area contributed by atoms with Crippen LogP contribution in [-0.2, 0) is 11.3 Å². The number of ether oxygens (including phenoxy) is 1. The summed E-state index contributed by atoms with van der Waals surface area (Å²) in [6.45, 7) is 2.23. The predicted octanol–water partition coefficient (Wildman–Crippen LogP) is 4.96. The summed E-state index contributed by atoms with van der Waals surface area (Å²) in [7, 11) is 0. The monoisotopic (exact) mass is 439 g/mol. The van der Waals surface area contributed by atoms with Gasteiger partial charge < -0.3 is 15.4 Å². The molecule has 4 rings (SSSR count). The Morgan fingerprint density at radius 3 is 2.52 bits per heavy atom. The SMILES string of the molecule is CC[C@H](Oc1ccc2ccccc2c1)C(=O)Nc1ccccc1C(=O)NCc1cccnc1. The van der Waals surface area contributed by atoms with E-state index in [-0.39, 0.29) is 11.8 Å². The van der Waals surface area contributed by atoms with Gasteiger partial charge in [-0.3, -0.25) is 14.6 Å². The molecule has 3 aromatic carbocycles. The van der Waals surface area contributed by atoms with Gasteiger partial charge in [-0.2, -0.15) is 0 Å². The minimum absolute atomic E-state index is 0.279. The normalized spacial score (nSPS) is 11.5. The molecule has 0 radical (unpaired) electrons. The van der Waals surface area contributed by atoms with Crippen molar-refractivity contribution >= 4 is 28.3 Å². The van der Waals surface area contributed by atoms with Crippen molar-refractivity contribution in [3.63, 3.8) is 0 Å². The highest BCUT2D eigenvalue weighted by Gasteiger charge is 2.21. The maximum atomic E-state index is 13.0. The van der Waals surface area contributed by atoms with Crippen molar-refractivity contribution in [2.45, 2.75) is 26.0 Å². The average molecular weight is 440 g/mol. The van der Waals surface area contributed by atoms with Crippen LogP contribution >= 0.6 is 0 Å². The molecule has 0 fully saturated rings. The standard InChI is InChI=1S/C27H25N3O3/c1-2-25(33-22-14-13-20-9-3-4-10-21(20)16-22)27(32)30-24-12-6-5-11-23(24)26(31)29-18-19-8-7-15-28-17-19/h3-17,25H,2,18H2,1H3,(H,29,31)(H,30,32)/t25-/m0/s1. The summed E-state index contributed by atoms with van der Waals surface area (Å²) in [5.74, 6) is 0.0367. The molecular weight excluding hydrogens is 414 g/mol. The molecule has 1 atom stereocenters. The van der Waals surface area contributed by atoms with Crippen molar-refractivity contribution in [2.75, 3.05) is 5.32 Å². The van der Waals surface area contributed by atoms with E-state index in [0.717, 1.165) is 16.3 Å². The lowest BCUT2D eigenvalue weighted by Crippen LogP contribution is -2.33. The van der Waals surface area contributed by atoms with E-state index < -0.39 is 6.10 Å². The maximum Gasteiger partial charge on any atom is 0.265 e. The average Bonchev–Trinajstić information content (AvgIpc) is 2.86. The van der Waals surface area contributed by atoms with E-state index in [1.54, 1.807) is 36.7 Å². The summed E-state index contributed by atoms with van der Waals surface area (Å²) in [4.78, 5) is 29.8. The number of nitrogens with zero attached hydrogens (tertiary/aromatic N) is 1. The number of carbonyl (C=O) groups is 2. The Hall–Kier alpha value is -4.19. The smallest absolute Gasteiger partial charge is 0.265 e. The van der Waals surface area contributed by atoms with Crippen molar-refractivity contribution in [1.82, 2.24) is 10.3 Å². The van der Waals surface area contributed by atoms with Crippen LogP contribution in [0.3, 0.4) is 0 Å². The topological polar surface area (TPSA) is 80.3 Å². The van der Waals surface area contributed by atoms with Gasteiger partial charge in [0.1, 0.15) is 5.75 Å². The largest absolute Gasteiger partial charge is 0.481 e. The molecule has 0 spiro atoms. The molecule has 0 aliphatic heterocycles. The number of pyridine rings is 1. The summed E-state index contributed by atoms with van der Waals surface area (Å²) < 4.78 is 5.99. The van der Waals surface area contributed by atoms with Gasteiger partial charge in [-0.25, -0.2) is 0 Å². The van der Waals surface area contributed by atoms with E-state index in [2.05, 4.69) is 15.6 Å². The van der Waals surface area contributed by atoms with Gasteiger partial charge in [-0.1, -0.05) is 55.5 Å². The molecule has 0 aliphatic rings. The Bertz CT molecular complexity index is 1260. The highest BCUT2D eigenvalue weighted by Crippen LogP contribution is 2.23. The summed E-state index contributed by atoms with van der Waals surface area (Å²) in [6.07, 6.45) is 3.16. The number of aromatic nitrogens is 1. The fraction of sp³-hybridized carbons (Fsp3) is 0.148. The third kappa shape index (κ3) is 5.54. The molecule has 166 valence electrons. The van der Waals surface area contributed by atoms with Gasteiger partial charge in [0.25, 0.3) is 11.8 Å². The minimum Gasteiger partial charge on any atom is -0.481 e. The number of benzene rings is 3. The molecule has 0 bridgehead atoms. The second-order valence-corrected chi connectivity index (χ2v) is 7.60. The quantitative estimate of drug-likeness (QED) is 0.407. The van der Waals surface area contributed by atoms with Crippen LogP contribution in [0.5, 0.6) is 5.75 Å². The van der Waals surface area contributed by atoms with E-state index in [4.69, 9.17) is 4.74 Å². The zero-order valence-corrected chi connectivity index (χ0v) is 18.3. The minimum atomic E-state index is -0.697. The van der Waals surface area contributed by atoms with E-state index in [1.165, 1.54) is 0 Å². The molecule has 6 nitrogen and oxygen atoms in total. The van der Waals surface area contributed by atoms with Gasteiger partial charge in [-0.15, -0.1) is 0 Å². The van der Waals surface area contributed by atoms with Crippen LogP contribution in [0.15, 0.2) is 91.3 Å². The molecule has 33 heavy (non-hydrogen) atoms. The number of hydrogen-bond donors (Lipinski definition) is 2. The lowest BCUT2D eigenvalue weighted by atomic mass is 10.1. The predicted molar refractivity (Wildman–Crippen MR) is 129 cm³/mol. The molecule has 1 aromatic heterocycles.